The standard InChI is InChI=1S/C11H11N3O2.C10H19NO2.C3H6.C2H6/c1-7-11(15)13-12-10-6-16-9-5-3-2-4-8(9)14(7)10;1-10(2,3)13-9(12)11-7-5-4-6-8-11;1-3-2;1-2/h2-5,7H,6H2,1H3,(H,13,15);4-8H2,1-3H3;3H,1H2,2H3;1-2H3/t7-;;;/m1.../s1. The third-order valence-electron chi connectivity index (χ3n) is 4.83. The second-order valence-corrected chi connectivity index (χ2v) is 8.74. The quantitative estimate of drug-likeness (QED) is 0.513. The Hall–Kier alpha value is -3.03. The van der Waals surface area contributed by atoms with Crippen LogP contribution in [0.15, 0.2) is 42.0 Å². The van der Waals surface area contributed by atoms with Crippen molar-refractivity contribution < 1.29 is 19.1 Å². The summed E-state index contributed by atoms with van der Waals surface area (Å²) in [5.41, 5.74) is 3.02. The van der Waals surface area contributed by atoms with E-state index < -0.39 is 0 Å². The number of carbonyl (C=O) groups is 2. The maximum atomic E-state index is 11.6. The van der Waals surface area contributed by atoms with Crippen LogP contribution in [0, 0.1) is 0 Å². The predicted molar refractivity (Wildman–Crippen MR) is 138 cm³/mol. The minimum Gasteiger partial charge on any atom is -0.483 e. The Morgan fingerprint density at radius 1 is 1.21 bits per heavy atom. The van der Waals surface area contributed by atoms with Gasteiger partial charge in [0.2, 0.25) is 0 Å². The highest BCUT2D eigenvalue weighted by molar-refractivity contribution is 6.09. The summed E-state index contributed by atoms with van der Waals surface area (Å²) < 4.78 is 10.8. The van der Waals surface area contributed by atoms with Crippen molar-refractivity contribution in [1.82, 2.24) is 10.3 Å². The van der Waals surface area contributed by atoms with Crippen LogP contribution in [0.25, 0.3) is 0 Å². The number of ether oxygens (including phenoxy) is 2. The van der Waals surface area contributed by atoms with Crippen LogP contribution in [0.4, 0.5) is 10.5 Å². The molecule has 1 atom stereocenters. The van der Waals surface area contributed by atoms with Crippen LogP contribution in [-0.2, 0) is 9.53 Å². The lowest BCUT2D eigenvalue weighted by atomic mass is 10.1. The van der Waals surface area contributed by atoms with Crippen LogP contribution >= 0.6 is 0 Å². The van der Waals surface area contributed by atoms with Crippen LogP contribution in [0.3, 0.4) is 0 Å². The van der Waals surface area contributed by atoms with Gasteiger partial charge in [-0.3, -0.25) is 4.79 Å². The Kier molecular flexibility index (Phi) is 12.2. The summed E-state index contributed by atoms with van der Waals surface area (Å²) in [6, 6.07) is 7.40. The summed E-state index contributed by atoms with van der Waals surface area (Å²) in [6.45, 7) is 18.9. The second-order valence-electron chi connectivity index (χ2n) is 8.74. The van der Waals surface area contributed by atoms with Crippen LogP contribution < -0.4 is 15.1 Å². The molecule has 1 aromatic rings. The minimum absolute atomic E-state index is 0.0968. The van der Waals surface area contributed by atoms with E-state index in [-0.39, 0.29) is 23.6 Å². The first-order chi connectivity index (χ1) is 16.2. The summed E-state index contributed by atoms with van der Waals surface area (Å²) in [4.78, 5) is 26.8. The molecule has 4 rings (SSSR count). The molecule has 2 amide bonds. The van der Waals surface area contributed by atoms with Crippen molar-refractivity contribution in [3.05, 3.63) is 36.9 Å². The normalized spacial score (nSPS) is 18.3. The molecule has 0 unspecified atom stereocenters. The lowest BCUT2D eigenvalue weighted by Gasteiger charge is -2.37. The highest BCUT2D eigenvalue weighted by atomic mass is 16.6. The number of benzene rings is 1. The Bertz CT molecular complexity index is 826. The zero-order chi connectivity index (χ0) is 25.7. The number of hydrogen-bond acceptors (Lipinski definition) is 6. The molecule has 3 heterocycles. The van der Waals surface area contributed by atoms with Crippen LogP contribution in [-0.4, -0.2) is 54.1 Å². The number of amidine groups is 1. The van der Waals surface area contributed by atoms with Crippen molar-refractivity contribution in [2.24, 2.45) is 5.10 Å². The predicted octanol–water partition coefficient (Wildman–Crippen LogP) is 5.34. The van der Waals surface area contributed by atoms with Crippen molar-refractivity contribution in [2.45, 2.75) is 79.4 Å². The lowest BCUT2D eigenvalue weighted by Crippen LogP contribution is -2.55. The fourth-order valence-electron chi connectivity index (χ4n) is 3.38. The molecule has 0 spiro atoms. The average molecular weight is 475 g/mol. The molecule has 190 valence electrons. The van der Waals surface area contributed by atoms with Crippen molar-refractivity contribution in [2.75, 3.05) is 24.6 Å². The topological polar surface area (TPSA) is 83.5 Å². The van der Waals surface area contributed by atoms with Crippen molar-refractivity contribution >= 4 is 23.5 Å². The van der Waals surface area contributed by atoms with E-state index in [1.54, 1.807) is 11.0 Å². The zero-order valence-corrected chi connectivity index (χ0v) is 21.9. The summed E-state index contributed by atoms with van der Waals surface area (Å²) in [7, 11) is 0. The lowest BCUT2D eigenvalue weighted by molar-refractivity contribution is -0.122. The van der Waals surface area contributed by atoms with Crippen molar-refractivity contribution in [3.63, 3.8) is 0 Å². The van der Waals surface area contributed by atoms with Gasteiger partial charge in [-0.15, -0.1) is 6.58 Å². The van der Waals surface area contributed by atoms with Crippen molar-refractivity contribution in [3.8, 4) is 5.75 Å². The maximum Gasteiger partial charge on any atom is 0.410 e. The number of nitrogens with zero attached hydrogens (tertiary/aromatic N) is 3. The first-order valence-corrected chi connectivity index (χ1v) is 12.1. The molecule has 8 heteroatoms. The molecule has 0 bridgehead atoms. The van der Waals surface area contributed by atoms with Gasteiger partial charge in [-0.25, -0.2) is 10.2 Å². The van der Waals surface area contributed by atoms with Crippen LogP contribution in [0.1, 0.15) is 67.7 Å². The highest BCUT2D eigenvalue weighted by Crippen LogP contribution is 2.33. The van der Waals surface area contributed by atoms with Gasteiger partial charge in [0, 0.05) is 13.1 Å². The van der Waals surface area contributed by atoms with Gasteiger partial charge < -0.3 is 19.3 Å². The Morgan fingerprint density at radius 2 is 1.79 bits per heavy atom. The van der Waals surface area contributed by atoms with Gasteiger partial charge in [0.25, 0.3) is 5.91 Å². The number of nitrogens with one attached hydrogen (secondary N) is 1. The highest BCUT2D eigenvalue weighted by Gasteiger charge is 2.34. The monoisotopic (exact) mass is 474 g/mol. The van der Waals surface area contributed by atoms with E-state index in [0.717, 1.165) is 43.2 Å². The van der Waals surface area contributed by atoms with Gasteiger partial charge in [-0.05, 0) is 66.0 Å². The number of rotatable bonds is 0. The molecule has 0 radical (unpaired) electrons. The molecule has 3 aliphatic heterocycles. The third-order valence-corrected chi connectivity index (χ3v) is 4.83. The van der Waals surface area contributed by atoms with E-state index in [2.05, 4.69) is 17.1 Å². The van der Waals surface area contributed by atoms with Gasteiger partial charge in [-0.2, -0.15) is 5.10 Å². The SMILES string of the molecule is C=CC.CC.CC(C)(C)OC(=O)N1CCCCC1.C[C@@H]1C(=O)NN=C2COc3ccccc3N21. The zero-order valence-electron chi connectivity index (χ0n) is 21.9. The number of hydrazone groups is 1. The molecule has 8 nitrogen and oxygen atoms in total. The second kappa shape index (κ2) is 14.3. The first-order valence-electron chi connectivity index (χ1n) is 12.1. The Balaban J connectivity index is 0.000000292. The molecule has 1 aromatic carbocycles. The average Bonchev–Trinajstić information content (AvgIpc) is 2.83. The number of amides is 2. The number of fused-ring (bicyclic) bond motifs is 3. The fraction of sp³-hybridized carbons (Fsp3) is 0.577. The van der Waals surface area contributed by atoms with E-state index >= 15 is 0 Å². The molecular weight excluding hydrogens is 432 g/mol. The summed E-state index contributed by atoms with van der Waals surface area (Å²) in [6.07, 6.45) is 5.05. The first kappa shape index (κ1) is 29.0. The minimum atomic E-state index is -0.367. The number of anilines is 1. The summed E-state index contributed by atoms with van der Waals surface area (Å²) in [5.74, 6) is 1.44. The van der Waals surface area contributed by atoms with Gasteiger partial charge in [0.1, 0.15) is 24.0 Å². The number of para-hydroxylation sites is 2. The van der Waals surface area contributed by atoms with Crippen LogP contribution in [0.2, 0.25) is 0 Å². The molecule has 34 heavy (non-hydrogen) atoms. The number of piperidine rings is 1. The molecule has 0 aliphatic carbocycles. The number of likely N-dealkylation sites (tertiary alicyclic amines) is 1. The molecule has 1 saturated heterocycles. The van der Waals surface area contributed by atoms with Gasteiger partial charge in [-0.1, -0.05) is 32.1 Å². The third kappa shape index (κ3) is 8.72. The van der Waals surface area contributed by atoms with Gasteiger partial charge in [0.15, 0.2) is 5.84 Å². The molecule has 0 saturated carbocycles. The molecule has 0 aromatic heterocycles. The van der Waals surface area contributed by atoms with Gasteiger partial charge >= 0.3 is 6.09 Å². The molecule has 3 aliphatic rings. The van der Waals surface area contributed by atoms with Crippen molar-refractivity contribution in [1.29, 1.82) is 0 Å². The van der Waals surface area contributed by atoms with E-state index in [1.165, 1.54) is 6.42 Å². The summed E-state index contributed by atoms with van der Waals surface area (Å²) >= 11 is 0. The Labute approximate surface area is 205 Å². The van der Waals surface area contributed by atoms with E-state index in [4.69, 9.17) is 9.47 Å². The van der Waals surface area contributed by atoms with Crippen LogP contribution in [0.5, 0.6) is 5.75 Å². The van der Waals surface area contributed by atoms with E-state index in [9.17, 15) is 9.59 Å². The maximum absolute atomic E-state index is 11.6. The number of allylic oxidation sites excluding steroid dienone is 1. The number of carbonyl (C=O) groups excluding carboxylic acids is 2. The largest absolute Gasteiger partial charge is 0.483 e. The Morgan fingerprint density at radius 3 is 2.38 bits per heavy atom. The van der Waals surface area contributed by atoms with Gasteiger partial charge in [0.05, 0.1) is 5.69 Å². The molecular formula is C26H42N4O4. The summed E-state index contributed by atoms with van der Waals surface area (Å²) in [5, 5.41) is 4.00. The molecule has 1 fully saturated rings. The number of hydrogen-bond donors (Lipinski definition) is 1. The van der Waals surface area contributed by atoms with E-state index in [0.29, 0.717) is 6.61 Å². The molecule has 1 N–H and O–H groups in total. The van der Waals surface area contributed by atoms with E-state index in [1.807, 2.05) is 77.6 Å². The fourth-order valence-corrected chi connectivity index (χ4v) is 3.38. The smallest absolute Gasteiger partial charge is 0.410 e.